The molecule has 0 saturated heterocycles. The number of halogens is 1. The molecule has 0 aromatic heterocycles. The highest BCUT2D eigenvalue weighted by molar-refractivity contribution is 6.33. The number of Topliss-reactive ketones (excluding diaryl/α,β-unsaturated/α-hetero) is 1. The molecule has 0 N–H and O–H groups in total. The molecule has 2 aromatic rings. The largest absolute Gasteiger partial charge is 0.497 e. The van der Waals surface area contributed by atoms with Crippen molar-refractivity contribution in [2.24, 2.45) is 0 Å². The second-order valence-corrected chi connectivity index (χ2v) is 5.47. The number of ketones is 1. The highest BCUT2D eigenvalue weighted by Gasteiger charge is 2.23. The number of methoxy groups -OCH3 is 1. The third-order valence-electron chi connectivity index (χ3n) is 3.41. The van der Waals surface area contributed by atoms with Crippen molar-refractivity contribution < 1.29 is 24.0 Å². The second kappa shape index (κ2) is 7.76. The maximum Gasteiger partial charge on any atom is 0.340 e. The van der Waals surface area contributed by atoms with Crippen LogP contribution in [0.1, 0.15) is 27.6 Å². The molecule has 0 fully saturated rings. The van der Waals surface area contributed by atoms with E-state index >= 15 is 0 Å². The Morgan fingerprint density at radius 2 is 1.80 bits per heavy atom. The summed E-state index contributed by atoms with van der Waals surface area (Å²) in [6.07, 6.45) is -1.09. The van der Waals surface area contributed by atoms with Crippen LogP contribution in [0.4, 0.5) is 5.69 Å². The summed E-state index contributed by atoms with van der Waals surface area (Å²) in [7, 11) is 1.50. The molecular weight excluding hydrogens is 350 g/mol. The van der Waals surface area contributed by atoms with E-state index in [1.165, 1.54) is 26.2 Å². The first-order valence-corrected chi connectivity index (χ1v) is 7.54. The van der Waals surface area contributed by atoms with Crippen LogP contribution in [0.5, 0.6) is 5.75 Å². The van der Waals surface area contributed by atoms with Crippen molar-refractivity contribution in [2.45, 2.75) is 13.0 Å². The lowest BCUT2D eigenvalue weighted by molar-refractivity contribution is -0.384. The number of ether oxygens (including phenoxy) is 2. The number of esters is 1. The quantitative estimate of drug-likeness (QED) is 0.336. The molecule has 0 bridgehead atoms. The molecule has 0 aliphatic heterocycles. The van der Waals surface area contributed by atoms with Gasteiger partial charge >= 0.3 is 5.97 Å². The average molecular weight is 364 g/mol. The molecule has 1 unspecified atom stereocenters. The first kappa shape index (κ1) is 18.4. The molecule has 25 heavy (non-hydrogen) atoms. The van der Waals surface area contributed by atoms with E-state index in [-0.39, 0.29) is 16.3 Å². The van der Waals surface area contributed by atoms with Gasteiger partial charge in [-0.3, -0.25) is 14.9 Å². The Kier molecular flexibility index (Phi) is 5.71. The molecule has 130 valence electrons. The lowest BCUT2D eigenvalue weighted by Crippen LogP contribution is -2.24. The van der Waals surface area contributed by atoms with Gasteiger partial charge in [0.25, 0.3) is 5.69 Å². The minimum atomic E-state index is -1.09. The number of hydrogen-bond acceptors (Lipinski definition) is 6. The van der Waals surface area contributed by atoms with Gasteiger partial charge in [-0.15, -0.1) is 0 Å². The molecule has 0 spiro atoms. The Morgan fingerprint density at radius 3 is 2.36 bits per heavy atom. The third-order valence-corrected chi connectivity index (χ3v) is 3.74. The molecule has 7 nitrogen and oxygen atoms in total. The monoisotopic (exact) mass is 363 g/mol. The van der Waals surface area contributed by atoms with E-state index in [4.69, 9.17) is 21.1 Å². The van der Waals surface area contributed by atoms with Gasteiger partial charge < -0.3 is 9.47 Å². The lowest BCUT2D eigenvalue weighted by atomic mass is 10.1. The van der Waals surface area contributed by atoms with Crippen LogP contribution in [-0.2, 0) is 4.74 Å². The van der Waals surface area contributed by atoms with E-state index in [1.54, 1.807) is 24.3 Å². The van der Waals surface area contributed by atoms with Crippen LogP contribution in [0.15, 0.2) is 42.5 Å². The predicted molar refractivity (Wildman–Crippen MR) is 90.3 cm³/mol. The van der Waals surface area contributed by atoms with Gasteiger partial charge in [-0.05, 0) is 37.3 Å². The van der Waals surface area contributed by atoms with E-state index in [2.05, 4.69) is 0 Å². The summed E-state index contributed by atoms with van der Waals surface area (Å²) >= 11 is 5.89. The molecule has 8 heteroatoms. The fraction of sp³-hybridized carbons (Fsp3) is 0.176. The van der Waals surface area contributed by atoms with E-state index in [0.29, 0.717) is 11.3 Å². The molecule has 1 atom stereocenters. The van der Waals surface area contributed by atoms with E-state index in [1.807, 2.05) is 0 Å². The van der Waals surface area contributed by atoms with Crippen LogP contribution in [0.2, 0.25) is 5.02 Å². The standard InChI is InChI=1S/C17H14ClNO6/c1-10(16(20)11-3-6-13(24-2)7-4-11)25-17(21)14-9-12(19(22)23)5-8-15(14)18/h3-10H,1-2H3. The highest BCUT2D eigenvalue weighted by Crippen LogP contribution is 2.23. The van der Waals surface area contributed by atoms with Crippen LogP contribution < -0.4 is 4.74 Å². The number of benzene rings is 2. The van der Waals surface area contributed by atoms with Gasteiger partial charge in [0.2, 0.25) is 5.78 Å². The summed E-state index contributed by atoms with van der Waals surface area (Å²) in [6, 6.07) is 9.72. The SMILES string of the molecule is COc1ccc(C(=O)C(C)OC(=O)c2cc([N+](=O)[O-])ccc2Cl)cc1. The Balaban J connectivity index is 2.15. The maximum absolute atomic E-state index is 12.3. The van der Waals surface area contributed by atoms with Crippen molar-refractivity contribution >= 4 is 29.0 Å². The minimum Gasteiger partial charge on any atom is -0.497 e. The van der Waals surface area contributed by atoms with Gasteiger partial charge in [0.15, 0.2) is 6.10 Å². The van der Waals surface area contributed by atoms with Crippen molar-refractivity contribution in [1.29, 1.82) is 0 Å². The third kappa shape index (κ3) is 4.33. The van der Waals surface area contributed by atoms with Crippen LogP contribution >= 0.6 is 11.6 Å². The zero-order valence-electron chi connectivity index (χ0n) is 13.4. The van der Waals surface area contributed by atoms with Gasteiger partial charge in [-0.2, -0.15) is 0 Å². The normalized spacial score (nSPS) is 11.5. The first-order valence-electron chi connectivity index (χ1n) is 7.16. The van der Waals surface area contributed by atoms with Gasteiger partial charge in [0, 0.05) is 17.7 Å². The molecule has 0 aliphatic carbocycles. The van der Waals surface area contributed by atoms with Crippen LogP contribution in [0, 0.1) is 10.1 Å². The zero-order chi connectivity index (χ0) is 18.6. The number of carbonyl (C=O) groups excluding carboxylic acids is 2. The van der Waals surface area contributed by atoms with Crippen molar-refractivity contribution in [3.63, 3.8) is 0 Å². The van der Waals surface area contributed by atoms with E-state index in [0.717, 1.165) is 6.07 Å². The Morgan fingerprint density at radius 1 is 1.16 bits per heavy atom. The fourth-order valence-corrected chi connectivity index (χ4v) is 2.25. The number of hydrogen-bond donors (Lipinski definition) is 0. The Hall–Kier alpha value is -2.93. The topological polar surface area (TPSA) is 95.7 Å². The van der Waals surface area contributed by atoms with Crippen LogP contribution in [0.3, 0.4) is 0 Å². The lowest BCUT2D eigenvalue weighted by Gasteiger charge is -2.13. The molecule has 0 amide bonds. The summed E-state index contributed by atoms with van der Waals surface area (Å²) in [4.78, 5) is 34.6. The molecular formula is C17H14ClNO6. The first-order chi connectivity index (χ1) is 11.8. The van der Waals surface area contributed by atoms with Crippen molar-refractivity contribution in [3.8, 4) is 5.75 Å². The zero-order valence-corrected chi connectivity index (χ0v) is 14.1. The number of carbonyl (C=O) groups is 2. The number of rotatable bonds is 6. The highest BCUT2D eigenvalue weighted by atomic mass is 35.5. The summed E-state index contributed by atoms with van der Waals surface area (Å²) in [5.74, 6) is -0.745. The average Bonchev–Trinajstić information content (AvgIpc) is 2.61. The van der Waals surface area contributed by atoms with Crippen molar-refractivity contribution in [3.05, 3.63) is 68.7 Å². The summed E-state index contributed by atoms with van der Waals surface area (Å²) in [5, 5.41) is 10.8. The van der Waals surface area contributed by atoms with Gasteiger partial charge in [-0.1, -0.05) is 11.6 Å². The van der Waals surface area contributed by atoms with E-state index in [9.17, 15) is 19.7 Å². The molecule has 2 rings (SSSR count). The number of nitro benzene ring substituents is 1. The smallest absolute Gasteiger partial charge is 0.340 e. The predicted octanol–water partition coefficient (Wildman–Crippen LogP) is 3.69. The molecule has 0 aliphatic rings. The number of nitrogens with zero attached hydrogens (tertiary/aromatic N) is 1. The molecule has 0 heterocycles. The van der Waals surface area contributed by atoms with Crippen molar-refractivity contribution in [2.75, 3.05) is 7.11 Å². The molecule has 2 aromatic carbocycles. The van der Waals surface area contributed by atoms with Gasteiger partial charge in [0.05, 0.1) is 22.6 Å². The second-order valence-electron chi connectivity index (χ2n) is 5.06. The number of non-ortho nitro benzene ring substituents is 1. The van der Waals surface area contributed by atoms with Gasteiger partial charge in [-0.25, -0.2) is 4.79 Å². The van der Waals surface area contributed by atoms with E-state index < -0.39 is 22.8 Å². The summed E-state index contributed by atoms with van der Waals surface area (Å²) < 4.78 is 10.1. The van der Waals surface area contributed by atoms with Crippen molar-refractivity contribution in [1.82, 2.24) is 0 Å². The summed E-state index contributed by atoms with van der Waals surface area (Å²) in [5.41, 5.74) is -0.137. The molecule has 0 radical (unpaired) electrons. The number of nitro groups is 1. The minimum absolute atomic E-state index is 0.000281. The Bertz CT molecular complexity index is 818. The maximum atomic E-state index is 12.3. The van der Waals surface area contributed by atoms with Crippen LogP contribution in [-0.4, -0.2) is 29.9 Å². The van der Waals surface area contributed by atoms with Gasteiger partial charge in [0.1, 0.15) is 5.75 Å². The van der Waals surface area contributed by atoms with Crippen LogP contribution in [0.25, 0.3) is 0 Å². The fourth-order valence-electron chi connectivity index (χ4n) is 2.05. The summed E-state index contributed by atoms with van der Waals surface area (Å²) in [6.45, 7) is 1.41. The molecule has 0 saturated carbocycles. The Labute approximate surface area is 148 Å².